The highest BCUT2D eigenvalue weighted by atomic mass is 31.2. The summed E-state index contributed by atoms with van der Waals surface area (Å²) in [5, 5.41) is 8.89. The first-order valence-electron chi connectivity index (χ1n) is 22.4. The number of rotatable bonds is 42. The van der Waals surface area contributed by atoms with Crippen LogP contribution >= 0.6 is 7.82 Å². The van der Waals surface area contributed by atoms with Crippen LogP contribution in [0.1, 0.15) is 206 Å². The Morgan fingerprint density at radius 1 is 0.554 bits per heavy atom. The number of phosphoric ester groups is 1. The maximum atomic E-state index is 12.6. The lowest BCUT2D eigenvalue weighted by Crippen LogP contribution is -2.34. The van der Waals surface area contributed by atoms with Gasteiger partial charge in [0.15, 0.2) is 6.10 Å². The second-order valence-electron chi connectivity index (χ2n) is 15.2. The quantitative estimate of drug-likeness (QED) is 0.0232. The Bertz CT molecular complexity index is 1050. The van der Waals surface area contributed by atoms with Gasteiger partial charge >= 0.3 is 25.7 Å². The van der Waals surface area contributed by atoms with Crippen LogP contribution in [0, 0.1) is 0 Å². The van der Waals surface area contributed by atoms with Crippen LogP contribution < -0.4 is 5.73 Å². The summed E-state index contributed by atoms with van der Waals surface area (Å²) in [5.74, 6) is -2.39. The van der Waals surface area contributed by atoms with Crippen LogP contribution in [0.15, 0.2) is 24.3 Å². The van der Waals surface area contributed by atoms with Gasteiger partial charge in [-0.25, -0.2) is 4.57 Å². The van der Waals surface area contributed by atoms with E-state index in [-0.39, 0.29) is 19.4 Å². The first-order valence-corrected chi connectivity index (χ1v) is 23.9. The largest absolute Gasteiger partial charge is 0.480 e. The number of carboxylic acids is 1. The fraction of sp³-hybridized carbons (Fsp3) is 0.841. The van der Waals surface area contributed by atoms with E-state index in [1.165, 1.54) is 103 Å². The summed E-state index contributed by atoms with van der Waals surface area (Å²) in [4.78, 5) is 46.0. The predicted molar refractivity (Wildman–Crippen MR) is 226 cm³/mol. The number of ether oxygens (including phenoxy) is 2. The van der Waals surface area contributed by atoms with E-state index in [0.717, 1.165) is 64.2 Å². The van der Waals surface area contributed by atoms with Gasteiger partial charge in [0, 0.05) is 12.8 Å². The van der Waals surface area contributed by atoms with Gasteiger partial charge in [0.2, 0.25) is 0 Å². The molecule has 12 heteroatoms. The molecular formula is C44H82NO10P. The Kier molecular flexibility index (Phi) is 38.3. The molecule has 0 aliphatic rings. The van der Waals surface area contributed by atoms with Crippen molar-refractivity contribution < 1.29 is 47.5 Å². The molecule has 0 fully saturated rings. The van der Waals surface area contributed by atoms with Crippen molar-refractivity contribution in [3.05, 3.63) is 24.3 Å². The fourth-order valence-electron chi connectivity index (χ4n) is 6.15. The number of nitrogens with two attached hydrogens (primary N) is 1. The van der Waals surface area contributed by atoms with E-state index in [2.05, 4.69) is 42.7 Å². The Hall–Kier alpha value is -2.04. The van der Waals surface area contributed by atoms with Crippen LogP contribution in [-0.4, -0.2) is 59.9 Å². The van der Waals surface area contributed by atoms with E-state index in [1.54, 1.807) is 0 Å². The molecule has 0 amide bonds. The molecule has 3 atom stereocenters. The molecule has 0 heterocycles. The lowest BCUT2D eigenvalue weighted by Gasteiger charge is -2.20. The van der Waals surface area contributed by atoms with Crippen molar-refractivity contribution in [2.45, 2.75) is 219 Å². The van der Waals surface area contributed by atoms with Crippen molar-refractivity contribution in [2.24, 2.45) is 5.73 Å². The van der Waals surface area contributed by atoms with Gasteiger partial charge in [0.25, 0.3) is 0 Å². The number of phosphoric acid groups is 1. The van der Waals surface area contributed by atoms with Gasteiger partial charge in [-0.3, -0.25) is 23.4 Å². The summed E-state index contributed by atoms with van der Waals surface area (Å²) in [6, 6.07) is -1.52. The van der Waals surface area contributed by atoms with Gasteiger partial charge < -0.3 is 25.2 Å². The zero-order valence-electron chi connectivity index (χ0n) is 35.5. The Morgan fingerprint density at radius 3 is 1.43 bits per heavy atom. The second kappa shape index (κ2) is 39.8. The van der Waals surface area contributed by atoms with E-state index in [1.807, 2.05) is 0 Å². The van der Waals surface area contributed by atoms with Gasteiger partial charge in [-0.05, 0) is 44.9 Å². The molecule has 0 aromatic carbocycles. The SMILES string of the molecule is CCCCC/C=C/C/C=C/CCCCCCCC(=O)OC[C@H](COP(=O)(O)OC[C@H](N)C(=O)O)OC(=O)CCCCCCCCCCCCCCCCCCC. The van der Waals surface area contributed by atoms with E-state index in [0.29, 0.717) is 12.8 Å². The first kappa shape index (κ1) is 54.0. The van der Waals surface area contributed by atoms with E-state index >= 15 is 0 Å². The molecular weight excluding hydrogens is 733 g/mol. The minimum atomic E-state index is -4.72. The molecule has 0 spiro atoms. The van der Waals surface area contributed by atoms with Gasteiger partial charge in [0.05, 0.1) is 13.2 Å². The van der Waals surface area contributed by atoms with Gasteiger partial charge in [-0.2, -0.15) is 0 Å². The minimum Gasteiger partial charge on any atom is -0.480 e. The van der Waals surface area contributed by atoms with E-state index < -0.39 is 51.1 Å². The molecule has 4 N–H and O–H groups in total. The number of hydrogen-bond donors (Lipinski definition) is 3. The van der Waals surface area contributed by atoms with E-state index in [9.17, 15) is 23.8 Å². The fourth-order valence-corrected chi connectivity index (χ4v) is 6.93. The third-order valence-electron chi connectivity index (χ3n) is 9.70. The molecule has 0 radical (unpaired) electrons. The van der Waals surface area contributed by atoms with Gasteiger partial charge in [-0.15, -0.1) is 0 Å². The first-order chi connectivity index (χ1) is 27.1. The Balaban J connectivity index is 4.34. The van der Waals surface area contributed by atoms with Crippen molar-refractivity contribution in [1.82, 2.24) is 0 Å². The van der Waals surface area contributed by atoms with Gasteiger partial charge in [-0.1, -0.05) is 173 Å². The number of carbonyl (C=O) groups excluding carboxylic acids is 2. The average molecular weight is 816 g/mol. The Labute approximate surface area is 340 Å². The van der Waals surface area contributed by atoms with Gasteiger partial charge in [0.1, 0.15) is 12.6 Å². The maximum absolute atomic E-state index is 12.6. The molecule has 56 heavy (non-hydrogen) atoms. The van der Waals surface area contributed by atoms with Crippen LogP contribution in [0.2, 0.25) is 0 Å². The molecule has 11 nitrogen and oxygen atoms in total. The smallest absolute Gasteiger partial charge is 0.472 e. The molecule has 0 aromatic heterocycles. The number of unbranched alkanes of at least 4 members (excludes halogenated alkanes) is 24. The van der Waals surface area contributed by atoms with Crippen LogP contribution in [0.5, 0.6) is 0 Å². The topological polar surface area (TPSA) is 172 Å². The molecule has 0 saturated carbocycles. The number of carboxylic acid groups (broad SMARTS) is 1. The minimum absolute atomic E-state index is 0.162. The average Bonchev–Trinajstić information content (AvgIpc) is 3.17. The number of hydrogen-bond acceptors (Lipinski definition) is 9. The summed E-state index contributed by atoms with van der Waals surface area (Å²) < 4.78 is 32.7. The molecule has 0 aromatic rings. The maximum Gasteiger partial charge on any atom is 0.472 e. The molecule has 1 unspecified atom stereocenters. The van der Waals surface area contributed by atoms with Crippen molar-refractivity contribution in [3.8, 4) is 0 Å². The third-order valence-corrected chi connectivity index (χ3v) is 10.7. The number of aliphatic carboxylic acids is 1. The highest BCUT2D eigenvalue weighted by Crippen LogP contribution is 2.43. The standard InChI is InChI=1S/C44H82NO10P/c1-3-5-7-9-11-13-15-17-19-20-22-24-26-28-30-32-34-36-43(47)55-40(38-53-56(50,51)54-39-41(45)44(48)49)37-52-42(46)35-33-31-29-27-25-23-21-18-16-14-12-10-8-6-4-2/h12,14,18,21,40-41H,3-11,13,15-17,19-20,22-39,45H2,1-2H3,(H,48,49)(H,50,51)/b14-12+,21-18+/t40-,41+/m1/s1. The number of carbonyl (C=O) groups is 3. The van der Waals surface area contributed by atoms with Crippen molar-refractivity contribution in [1.29, 1.82) is 0 Å². The molecule has 0 saturated heterocycles. The number of esters is 2. The molecule has 0 rings (SSSR count). The normalized spacial score (nSPS) is 13.9. The summed E-state index contributed by atoms with van der Waals surface area (Å²) in [6.07, 6.45) is 40.9. The summed E-state index contributed by atoms with van der Waals surface area (Å²) >= 11 is 0. The Morgan fingerprint density at radius 2 is 0.946 bits per heavy atom. The molecule has 0 aliphatic carbocycles. The number of allylic oxidation sites excluding steroid dienone is 4. The van der Waals surface area contributed by atoms with Crippen LogP contribution in [0.4, 0.5) is 0 Å². The van der Waals surface area contributed by atoms with Crippen molar-refractivity contribution >= 4 is 25.7 Å². The highest BCUT2D eigenvalue weighted by Gasteiger charge is 2.28. The lowest BCUT2D eigenvalue weighted by molar-refractivity contribution is -0.161. The van der Waals surface area contributed by atoms with Crippen LogP contribution in [-0.2, 0) is 37.5 Å². The van der Waals surface area contributed by atoms with Crippen LogP contribution in [0.3, 0.4) is 0 Å². The predicted octanol–water partition coefficient (Wildman–Crippen LogP) is 11.8. The zero-order chi connectivity index (χ0) is 41.4. The second-order valence-corrected chi connectivity index (χ2v) is 16.6. The van der Waals surface area contributed by atoms with E-state index in [4.69, 9.17) is 24.8 Å². The zero-order valence-corrected chi connectivity index (χ0v) is 36.4. The lowest BCUT2D eigenvalue weighted by atomic mass is 10.0. The molecule has 0 bridgehead atoms. The summed E-state index contributed by atoms with van der Waals surface area (Å²) in [7, 11) is -4.72. The molecule has 328 valence electrons. The third kappa shape index (κ3) is 38.8. The summed E-state index contributed by atoms with van der Waals surface area (Å²) in [6.45, 7) is 2.78. The van der Waals surface area contributed by atoms with Crippen molar-refractivity contribution in [2.75, 3.05) is 19.8 Å². The van der Waals surface area contributed by atoms with Crippen LogP contribution in [0.25, 0.3) is 0 Å². The summed E-state index contributed by atoms with van der Waals surface area (Å²) in [5.41, 5.74) is 5.33. The monoisotopic (exact) mass is 816 g/mol. The highest BCUT2D eigenvalue weighted by molar-refractivity contribution is 7.47. The molecule has 0 aliphatic heterocycles. The van der Waals surface area contributed by atoms with Crippen molar-refractivity contribution in [3.63, 3.8) is 0 Å².